The van der Waals surface area contributed by atoms with Crippen LogP contribution in [0.25, 0.3) is 0 Å². The summed E-state index contributed by atoms with van der Waals surface area (Å²) in [7, 11) is -3.48. The lowest BCUT2D eigenvalue weighted by atomic mass is 10.0. The molecule has 112 valence electrons. The Hall–Kier alpha value is -0.950. The standard InChI is InChI=1S/C14H22N2O3S/c1-11-4-5-12(8-15)7-14(11)20(17,18)16-9-13-3-2-6-19-10-13/h4-5,7,13,16H,2-3,6,8-10,15H2,1H3. The van der Waals surface area contributed by atoms with Crippen LogP contribution in [-0.4, -0.2) is 28.2 Å². The van der Waals surface area contributed by atoms with Gasteiger partial charge in [-0.2, -0.15) is 0 Å². The normalized spacial score (nSPS) is 20.0. The maximum absolute atomic E-state index is 12.4. The molecule has 1 saturated heterocycles. The summed E-state index contributed by atoms with van der Waals surface area (Å²) in [5.74, 6) is 0.261. The zero-order valence-electron chi connectivity index (χ0n) is 11.8. The van der Waals surface area contributed by atoms with E-state index >= 15 is 0 Å². The lowest BCUT2D eigenvalue weighted by Crippen LogP contribution is -2.33. The third kappa shape index (κ3) is 3.79. The van der Waals surface area contributed by atoms with E-state index in [4.69, 9.17) is 10.5 Å². The summed E-state index contributed by atoms with van der Waals surface area (Å²) < 4.78 is 32.8. The molecule has 0 bridgehead atoms. The van der Waals surface area contributed by atoms with Gasteiger partial charge < -0.3 is 10.5 Å². The molecule has 0 aliphatic carbocycles. The van der Waals surface area contributed by atoms with Crippen LogP contribution in [0.1, 0.15) is 24.0 Å². The maximum Gasteiger partial charge on any atom is 0.240 e. The molecule has 6 heteroatoms. The largest absolute Gasteiger partial charge is 0.381 e. The molecule has 1 atom stereocenters. The quantitative estimate of drug-likeness (QED) is 0.854. The molecular weight excluding hydrogens is 276 g/mol. The van der Waals surface area contributed by atoms with Gasteiger partial charge in [0.05, 0.1) is 11.5 Å². The Labute approximate surface area is 120 Å². The number of nitrogens with two attached hydrogens (primary N) is 1. The molecule has 1 aliphatic rings. The van der Waals surface area contributed by atoms with Gasteiger partial charge in [0.1, 0.15) is 0 Å². The molecule has 0 spiro atoms. The minimum Gasteiger partial charge on any atom is -0.381 e. The fourth-order valence-electron chi connectivity index (χ4n) is 2.33. The predicted molar refractivity (Wildman–Crippen MR) is 77.8 cm³/mol. The number of rotatable bonds is 5. The lowest BCUT2D eigenvalue weighted by molar-refractivity contribution is 0.0568. The fraction of sp³-hybridized carbons (Fsp3) is 0.571. The minimum atomic E-state index is -3.48. The minimum absolute atomic E-state index is 0.261. The van der Waals surface area contributed by atoms with Crippen LogP contribution in [-0.2, 0) is 21.3 Å². The van der Waals surface area contributed by atoms with Gasteiger partial charge in [-0.1, -0.05) is 12.1 Å². The summed E-state index contributed by atoms with van der Waals surface area (Å²) in [6, 6.07) is 5.29. The molecule has 1 fully saturated rings. The van der Waals surface area contributed by atoms with Gasteiger partial charge in [0.15, 0.2) is 0 Å². The highest BCUT2D eigenvalue weighted by atomic mass is 32.2. The van der Waals surface area contributed by atoms with E-state index in [1.165, 1.54) is 0 Å². The Kier molecular flexibility index (Phi) is 5.15. The Balaban J connectivity index is 2.09. The van der Waals surface area contributed by atoms with E-state index in [0.29, 0.717) is 24.6 Å². The van der Waals surface area contributed by atoms with E-state index in [2.05, 4.69) is 4.72 Å². The molecule has 5 nitrogen and oxygen atoms in total. The van der Waals surface area contributed by atoms with Crippen LogP contribution in [0.2, 0.25) is 0 Å². The summed E-state index contributed by atoms with van der Waals surface area (Å²) in [5.41, 5.74) is 7.12. The van der Waals surface area contributed by atoms with Crippen molar-refractivity contribution < 1.29 is 13.2 Å². The van der Waals surface area contributed by atoms with Crippen molar-refractivity contribution in [1.82, 2.24) is 4.72 Å². The Morgan fingerprint density at radius 2 is 2.25 bits per heavy atom. The van der Waals surface area contributed by atoms with Crippen molar-refractivity contribution in [1.29, 1.82) is 0 Å². The van der Waals surface area contributed by atoms with Crippen LogP contribution in [0, 0.1) is 12.8 Å². The predicted octanol–water partition coefficient (Wildman–Crippen LogP) is 1.16. The van der Waals surface area contributed by atoms with Gasteiger partial charge in [-0.15, -0.1) is 0 Å². The molecule has 1 unspecified atom stereocenters. The lowest BCUT2D eigenvalue weighted by Gasteiger charge is -2.22. The number of hydrogen-bond donors (Lipinski definition) is 2. The zero-order valence-corrected chi connectivity index (χ0v) is 12.6. The second-order valence-corrected chi connectivity index (χ2v) is 6.97. The number of hydrogen-bond acceptors (Lipinski definition) is 4. The highest BCUT2D eigenvalue weighted by Gasteiger charge is 2.20. The topological polar surface area (TPSA) is 81.4 Å². The zero-order chi connectivity index (χ0) is 14.6. The number of aryl methyl sites for hydroxylation is 1. The highest BCUT2D eigenvalue weighted by molar-refractivity contribution is 7.89. The van der Waals surface area contributed by atoms with Gasteiger partial charge in [-0.05, 0) is 42.9 Å². The second-order valence-electron chi connectivity index (χ2n) is 5.24. The summed E-state index contributed by atoms with van der Waals surface area (Å²) in [6.45, 7) is 3.96. The Bertz CT molecular complexity index is 552. The van der Waals surface area contributed by atoms with Crippen molar-refractivity contribution in [2.75, 3.05) is 19.8 Å². The molecular formula is C14H22N2O3S. The van der Waals surface area contributed by atoms with Crippen molar-refractivity contribution in [3.05, 3.63) is 29.3 Å². The summed E-state index contributed by atoms with van der Waals surface area (Å²) in [6.07, 6.45) is 2.00. The molecule has 0 aromatic heterocycles. The monoisotopic (exact) mass is 298 g/mol. The van der Waals surface area contributed by atoms with Crippen molar-refractivity contribution in [2.24, 2.45) is 11.7 Å². The summed E-state index contributed by atoms with van der Waals surface area (Å²) >= 11 is 0. The second kappa shape index (κ2) is 6.67. The van der Waals surface area contributed by atoms with Crippen LogP contribution in [0.15, 0.2) is 23.1 Å². The fourth-order valence-corrected chi connectivity index (χ4v) is 3.74. The molecule has 1 aliphatic heterocycles. The third-order valence-electron chi connectivity index (χ3n) is 3.59. The molecule has 0 amide bonds. The van der Waals surface area contributed by atoms with E-state index < -0.39 is 10.0 Å². The van der Waals surface area contributed by atoms with E-state index in [1.54, 1.807) is 19.1 Å². The van der Waals surface area contributed by atoms with Crippen molar-refractivity contribution in [3.63, 3.8) is 0 Å². The number of benzene rings is 1. The molecule has 1 aromatic rings. The molecule has 3 N–H and O–H groups in total. The van der Waals surface area contributed by atoms with E-state index in [9.17, 15) is 8.42 Å². The van der Waals surface area contributed by atoms with E-state index in [-0.39, 0.29) is 5.92 Å². The Morgan fingerprint density at radius 1 is 1.45 bits per heavy atom. The molecule has 1 aromatic carbocycles. The molecule has 20 heavy (non-hydrogen) atoms. The van der Waals surface area contributed by atoms with Crippen LogP contribution in [0.4, 0.5) is 0 Å². The van der Waals surface area contributed by atoms with Crippen LogP contribution >= 0.6 is 0 Å². The van der Waals surface area contributed by atoms with Gasteiger partial charge in [0.25, 0.3) is 0 Å². The highest BCUT2D eigenvalue weighted by Crippen LogP contribution is 2.18. The van der Waals surface area contributed by atoms with Crippen LogP contribution in [0.3, 0.4) is 0 Å². The number of sulfonamides is 1. The summed E-state index contributed by atoms with van der Waals surface area (Å²) in [5, 5.41) is 0. The van der Waals surface area contributed by atoms with Crippen molar-refractivity contribution >= 4 is 10.0 Å². The van der Waals surface area contributed by atoms with E-state index in [1.807, 2.05) is 6.07 Å². The first-order chi connectivity index (χ1) is 9.53. The molecule has 0 radical (unpaired) electrons. The smallest absolute Gasteiger partial charge is 0.240 e. The van der Waals surface area contributed by atoms with Gasteiger partial charge in [0, 0.05) is 19.7 Å². The third-order valence-corrected chi connectivity index (χ3v) is 5.16. The van der Waals surface area contributed by atoms with Gasteiger partial charge >= 0.3 is 0 Å². The average molecular weight is 298 g/mol. The van der Waals surface area contributed by atoms with E-state index in [0.717, 1.165) is 30.6 Å². The number of nitrogens with one attached hydrogen (secondary N) is 1. The maximum atomic E-state index is 12.4. The van der Waals surface area contributed by atoms with Gasteiger partial charge in [-0.3, -0.25) is 0 Å². The first-order valence-electron chi connectivity index (χ1n) is 6.90. The Morgan fingerprint density at radius 3 is 2.90 bits per heavy atom. The van der Waals surface area contributed by atoms with Gasteiger partial charge in [0.2, 0.25) is 10.0 Å². The average Bonchev–Trinajstić information content (AvgIpc) is 2.47. The van der Waals surface area contributed by atoms with Gasteiger partial charge in [-0.25, -0.2) is 13.1 Å². The van der Waals surface area contributed by atoms with Crippen molar-refractivity contribution in [3.8, 4) is 0 Å². The number of ether oxygens (including phenoxy) is 1. The first-order valence-corrected chi connectivity index (χ1v) is 8.38. The first kappa shape index (κ1) is 15.4. The molecule has 2 rings (SSSR count). The van der Waals surface area contributed by atoms with Crippen LogP contribution in [0.5, 0.6) is 0 Å². The summed E-state index contributed by atoms with van der Waals surface area (Å²) in [4.78, 5) is 0.317. The van der Waals surface area contributed by atoms with Crippen LogP contribution < -0.4 is 10.5 Å². The molecule has 1 heterocycles. The SMILES string of the molecule is Cc1ccc(CN)cc1S(=O)(=O)NCC1CCCOC1. The van der Waals surface area contributed by atoms with Crippen molar-refractivity contribution in [2.45, 2.75) is 31.2 Å². The molecule has 0 saturated carbocycles.